The maximum Gasteiger partial charge on any atom is 0.254 e. The summed E-state index contributed by atoms with van der Waals surface area (Å²) in [7, 11) is 0. The number of amides is 3. The number of aliphatic hydroxyl groups excluding tert-OH is 1. The van der Waals surface area contributed by atoms with E-state index in [-0.39, 0.29) is 17.7 Å². The molecule has 0 aliphatic carbocycles. The monoisotopic (exact) mass is 660 g/mol. The predicted molar refractivity (Wildman–Crippen MR) is 187 cm³/mol. The number of aromatic nitrogens is 2. The molecule has 1 aromatic heterocycles. The zero-order chi connectivity index (χ0) is 34.5. The van der Waals surface area contributed by atoms with E-state index in [0.29, 0.717) is 69.8 Å². The summed E-state index contributed by atoms with van der Waals surface area (Å²) in [6.45, 7) is 7.84. The number of fused-ring (bicyclic) bond motifs is 1. The number of anilines is 1. The second-order valence-electron chi connectivity index (χ2n) is 12.5. The van der Waals surface area contributed by atoms with Gasteiger partial charge in [-0.2, -0.15) is 0 Å². The van der Waals surface area contributed by atoms with Gasteiger partial charge in [-0.15, -0.1) is 0 Å². The first-order valence-electron chi connectivity index (χ1n) is 17.2. The zero-order valence-electron chi connectivity index (χ0n) is 28.5. The number of benzene rings is 2. The Kier molecular flexibility index (Phi) is 14.0. The minimum Gasteiger partial charge on any atom is -0.377 e. The predicted octanol–water partition coefficient (Wildman–Crippen LogP) is 3.50. The highest BCUT2D eigenvalue weighted by Crippen LogP contribution is 2.27. The van der Waals surface area contributed by atoms with E-state index in [1.807, 2.05) is 69.3 Å². The third-order valence-corrected chi connectivity index (χ3v) is 8.66. The van der Waals surface area contributed by atoms with Gasteiger partial charge in [-0.05, 0) is 55.0 Å². The maximum atomic E-state index is 13.9. The molecule has 3 aromatic rings. The first-order chi connectivity index (χ1) is 23.2. The third kappa shape index (κ3) is 10.1. The van der Waals surface area contributed by atoms with Crippen LogP contribution >= 0.6 is 0 Å². The molecule has 0 fully saturated rings. The second-order valence-corrected chi connectivity index (χ2v) is 12.5. The van der Waals surface area contributed by atoms with Crippen molar-refractivity contribution < 1.29 is 19.5 Å². The van der Waals surface area contributed by atoms with Crippen molar-refractivity contribution >= 4 is 23.4 Å². The van der Waals surface area contributed by atoms with Crippen molar-refractivity contribution in [2.45, 2.75) is 103 Å². The van der Waals surface area contributed by atoms with Crippen molar-refractivity contribution in [3.63, 3.8) is 0 Å². The minimum atomic E-state index is -0.965. The summed E-state index contributed by atoms with van der Waals surface area (Å²) < 4.78 is 0. The van der Waals surface area contributed by atoms with Crippen LogP contribution in [0.15, 0.2) is 60.9 Å². The molecule has 48 heavy (non-hydrogen) atoms. The number of H-pyrrole nitrogens is 1. The molecule has 0 spiro atoms. The van der Waals surface area contributed by atoms with Gasteiger partial charge in [-0.25, -0.2) is 4.98 Å². The van der Waals surface area contributed by atoms with Crippen molar-refractivity contribution in [2.75, 3.05) is 18.4 Å². The maximum absolute atomic E-state index is 13.9. The highest BCUT2D eigenvalue weighted by atomic mass is 16.3. The summed E-state index contributed by atoms with van der Waals surface area (Å²) in [4.78, 5) is 51.5. The second kappa shape index (κ2) is 18.3. The number of carbonyl (C=O) groups is 3. The number of nitrogens with zero attached hydrogens (tertiary/aromatic N) is 3. The smallest absolute Gasteiger partial charge is 0.254 e. The number of nitrogens with two attached hydrogens (primary N) is 1. The van der Waals surface area contributed by atoms with E-state index < -0.39 is 24.4 Å². The molecule has 0 saturated heterocycles. The molecule has 4 rings (SSSR count). The van der Waals surface area contributed by atoms with E-state index in [9.17, 15) is 19.5 Å². The summed E-state index contributed by atoms with van der Waals surface area (Å²) in [5.41, 5.74) is 9.28. The normalized spacial score (nSPS) is 16.3. The minimum absolute atomic E-state index is 0.0185. The fourth-order valence-electron chi connectivity index (χ4n) is 5.97. The fourth-order valence-corrected chi connectivity index (χ4v) is 5.97. The molecule has 7 N–H and O–H groups in total. The van der Waals surface area contributed by atoms with Crippen LogP contribution in [0, 0.1) is 0 Å². The highest BCUT2D eigenvalue weighted by Gasteiger charge is 2.29. The van der Waals surface area contributed by atoms with Crippen LogP contribution in [0.5, 0.6) is 0 Å². The molecule has 12 heteroatoms. The number of aliphatic hydroxyl groups is 1. The molecule has 2 aromatic carbocycles. The number of rotatable bonds is 18. The Morgan fingerprint density at radius 1 is 1.10 bits per heavy atom. The largest absolute Gasteiger partial charge is 0.377 e. The van der Waals surface area contributed by atoms with Gasteiger partial charge in [0.2, 0.25) is 11.8 Å². The van der Waals surface area contributed by atoms with Crippen molar-refractivity contribution in [3.8, 4) is 0 Å². The zero-order valence-corrected chi connectivity index (χ0v) is 28.5. The average molecular weight is 661 g/mol. The Morgan fingerprint density at radius 2 is 1.88 bits per heavy atom. The van der Waals surface area contributed by atoms with E-state index >= 15 is 0 Å². The van der Waals surface area contributed by atoms with E-state index in [2.05, 4.69) is 25.9 Å². The third-order valence-electron chi connectivity index (χ3n) is 8.66. The molecular formula is C36H52N8O4. The lowest BCUT2D eigenvalue weighted by molar-refractivity contribution is -0.132. The summed E-state index contributed by atoms with van der Waals surface area (Å²) in [6.07, 6.45) is 6.43. The standard InChI is InChI=1S/C36H52N8O4/c1-4-11-28(37)33(45)42-31(12-5-2)34(46)40-17-10-20-43-23-27-21-26(15-16-30(27)41-29(6-3)36(43)48)35(47)44(24-32-38-18-19-39-32)22-25-13-8-7-9-14-25/h7-9,13-16,18-19,21,28-29,31,33,41-42,45H,4-6,10-12,17,20,22-24,37H2,1-3H3,(H,38,39)(H,40,46)/t28-,29-,31-,33+/m0/s1. The number of imidazole rings is 1. The molecule has 260 valence electrons. The topological polar surface area (TPSA) is 169 Å². The molecule has 0 radical (unpaired) electrons. The number of aromatic amines is 1. The van der Waals surface area contributed by atoms with Gasteiger partial charge in [-0.1, -0.05) is 63.9 Å². The van der Waals surface area contributed by atoms with Crippen LogP contribution in [0.2, 0.25) is 0 Å². The van der Waals surface area contributed by atoms with Gasteiger partial charge in [0.25, 0.3) is 5.91 Å². The Morgan fingerprint density at radius 3 is 2.56 bits per heavy atom. The van der Waals surface area contributed by atoms with E-state index in [1.54, 1.807) is 22.2 Å². The van der Waals surface area contributed by atoms with Gasteiger partial charge in [0.05, 0.1) is 12.6 Å². The Balaban J connectivity index is 1.43. The lowest BCUT2D eigenvalue weighted by Crippen LogP contribution is -2.54. The molecule has 0 saturated carbocycles. The van der Waals surface area contributed by atoms with Crippen molar-refractivity contribution in [1.82, 2.24) is 30.4 Å². The molecule has 0 bridgehead atoms. The Labute approximate surface area is 283 Å². The Bertz CT molecular complexity index is 1450. The lowest BCUT2D eigenvalue weighted by Gasteiger charge is -2.26. The number of hydrogen-bond donors (Lipinski definition) is 6. The van der Waals surface area contributed by atoms with Gasteiger partial charge in [0.1, 0.15) is 18.1 Å². The number of nitrogens with one attached hydrogen (secondary N) is 4. The van der Waals surface area contributed by atoms with Crippen LogP contribution in [0.4, 0.5) is 5.69 Å². The molecule has 1 aliphatic rings. The van der Waals surface area contributed by atoms with Gasteiger partial charge in [0.15, 0.2) is 0 Å². The van der Waals surface area contributed by atoms with E-state index in [0.717, 1.165) is 29.7 Å². The molecular weight excluding hydrogens is 608 g/mol. The van der Waals surface area contributed by atoms with E-state index in [4.69, 9.17) is 5.73 Å². The van der Waals surface area contributed by atoms with Crippen LogP contribution in [0.25, 0.3) is 0 Å². The van der Waals surface area contributed by atoms with Crippen LogP contribution in [-0.2, 0) is 29.2 Å². The van der Waals surface area contributed by atoms with Crippen molar-refractivity contribution in [1.29, 1.82) is 0 Å². The van der Waals surface area contributed by atoms with E-state index in [1.165, 1.54) is 0 Å². The van der Waals surface area contributed by atoms with Gasteiger partial charge in [0, 0.05) is 55.9 Å². The molecule has 0 unspecified atom stereocenters. The molecule has 3 amide bonds. The Hall–Kier alpha value is -4.26. The van der Waals surface area contributed by atoms with Crippen LogP contribution < -0.4 is 21.7 Å². The molecule has 2 heterocycles. The molecule has 1 aliphatic heterocycles. The molecule has 12 nitrogen and oxygen atoms in total. The lowest BCUT2D eigenvalue weighted by atomic mass is 10.1. The quantitative estimate of drug-likeness (QED) is 0.0890. The van der Waals surface area contributed by atoms with Gasteiger partial charge >= 0.3 is 0 Å². The summed E-state index contributed by atoms with van der Waals surface area (Å²) in [6, 6.07) is 14.0. The van der Waals surface area contributed by atoms with Gasteiger partial charge in [-0.3, -0.25) is 19.7 Å². The first kappa shape index (κ1) is 36.6. The van der Waals surface area contributed by atoms with Crippen molar-refractivity contribution in [3.05, 3.63) is 83.4 Å². The number of carbonyl (C=O) groups excluding carboxylic acids is 3. The summed E-state index contributed by atoms with van der Waals surface area (Å²) in [5.74, 6) is 0.345. The van der Waals surface area contributed by atoms with Crippen LogP contribution in [0.3, 0.4) is 0 Å². The van der Waals surface area contributed by atoms with Gasteiger partial charge < -0.3 is 36.3 Å². The summed E-state index contributed by atoms with van der Waals surface area (Å²) >= 11 is 0. The van der Waals surface area contributed by atoms with Crippen LogP contribution in [0.1, 0.15) is 86.6 Å². The number of hydrogen-bond acceptors (Lipinski definition) is 8. The SMILES string of the molecule is CCC[C@H](N[C@H](O)[C@@H](N)CCC)C(=O)NCCCN1Cc2cc(C(=O)N(Cc3ccccc3)Cc3ncc[nH]3)ccc2N[C@@H](CC)C1=O. The summed E-state index contributed by atoms with van der Waals surface area (Å²) in [5, 5.41) is 19.8. The van der Waals surface area contributed by atoms with Crippen LogP contribution in [-0.4, -0.2) is 80.0 Å². The highest BCUT2D eigenvalue weighted by molar-refractivity contribution is 5.95. The average Bonchev–Trinajstić information content (AvgIpc) is 3.56. The molecule has 4 atom stereocenters. The van der Waals surface area contributed by atoms with Crippen molar-refractivity contribution in [2.24, 2.45) is 5.73 Å². The first-order valence-corrected chi connectivity index (χ1v) is 17.2. The fraction of sp³-hybridized carbons (Fsp3) is 0.500.